The van der Waals surface area contributed by atoms with Gasteiger partial charge in [0.1, 0.15) is 0 Å². The van der Waals surface area contributed by atoms with Crippen LogP contribution >= 0.6 is 0 Å². The third kappa shape index (κ3) is 5.14. The maximum atomic E-state index is 12.2. The van der Waals surface area contributed by atoms with Crippen molar-refractivity contribution in [3.8, 4) is 0 Å². The first kappa shape index (κ1) is 17.0. The summed E-state index contributed by atoms with van der Waals surface area (Å²) in [7, 11) is 0. The smallest absolute Gasteiger partial charge is 0.307 e. The summed E-state index contributed by atoms with van der Waals surface area (Å²) >= 11 is 0. The fourth-order valence-electron chi connectivity index (χ4n) is 2.97. The van der Waals surface area contributed by atoms with E-state index in [1.54, 1.807) is 0 Å². The minimum atomic E-state index is -0.829. The molecule has 1 rings (SSSR count). The SMILES string of the molecule is CCCCCC(C)(C)CNC(=O)C1CCCC1C(=O)O. The van der Waals surface area contributed by atoms with Crippen LogP contribution in [0.3, 0.4) is 0 Å². The molecular weight excluding hydrogens is 254 g/mol. The van der Waals surface area contributed by atoms with Crippen molar-refractivity contribution in [1.29, 1.82) is 0 Å². The molecule has 1 aliphatic rings. The highest BCUT2D eigenvalue weighted by atomic mass is 16.4. The predicted molar refractivity (Wildman–Crippen MR) is 79.4 cm³/mol. The summed E-state index contributed by atoms with van der Waals surface area (Å²) in [5, 5.41) is 12.1. The van der Waals surface area contributed by atoms with Crippen molar-refractivity contribution in [3.63, 3.8) is 0 Å². The molecule has 1 saturated carbocycles. The number of nitrogens with one attached hydrogen (secondary N) is 1. The van der Waals surface area contributed by atoms with Gasteiger partial charge in [-0.05, 0) is 24.7 Å². The van der Waals surface area contributed by atoms with Crippen molar-refractivity contribution in [2.75, 3.05) is 6.54 Å². The molecule has 0 heterocycles. The third-order valence-corrected chi connectivity index (χ3v) is 4.37. The summed E-state index contributed by atoms with van der Waals surface area (Å²) in [6.07, 6.45) is 6.88. The number of amides is 1. The van der Waals surface area contributed by atoms with E-state index in [1.165, 1.54) is 19.3 Å². The standard InChI is InChI=1S/C16H29NO3/c1-4-5-6-10-16(2,3)11-17-14(18)12-8-7-9-13(12)15(19)20/h12-13H,4-11H2,1-3H3,(H,17,18)(H,19,20). The van der Waals surface area contributed by atoms with Crippen LogP contribution in [-0.4, -0.2) is 23.5 Å². The van der Waals surface area contributed by atoms with E-state index in [0.29, 0.717) is 19.4 Å². The molecule has 0 saturated heterocycles. The molecule has 116 valence electrons. The molecule has 1 fully saturated rings. The Morgan fingerprint density at radius 2 is 1.85 bits per heavy atom. The molecule has 0 aromatic rings. The fourth-order valence-corrected chi connectivity index (χ4v) is 2.97. The van der Waals surface area contributed by atoms with Crippen LogP contribution in [0.4, 0.5) is 0 Å². The number of carboxylic acid groups (broad SMARTS) is 1. The highest BCUT2D eigenvalue weighted by molar-refractivity contribution is 5.85. The molecule has 1 amide bonds. The number of unbranched alkanes of at least 4 members (excludes halogenated alkanes) is 2. The Morgan fingerprint density at radius 1 is 1.20 bits per heavy atom. The van der Waals surface area contributed by atoms with Crippen LogP contribution in [0, 0.1) is 17.3 Å². The summed E-state index contributed by atoms with van der Waals surface area (Å²) in [5.41, 5.74) is 0.0855. The second-order valence-electron chi connectivity index (χ2n) is 6.82. The predicted octanol–water partition coefficient (Wildman–Crippen LogP) is 3.21. The minimum Gasteiger partial charge on any atom is -0.481 e. The van der Waals surface area contributed by atoms with Gasteiger partial charge >= 0.3 is 5.97 Å². The van der Waals surface area contributed by atoms with Gasteiger partial charge in [-0.3, -0.25) is 9.59 Å². The molecule has 2 atom stereocenters. The van der Waals surface area contributed by atoms with Gasteiger partial charge in [0, 0.05) is 6.54 Å². The van der Waals surface area contributed by atoms with E-state index >= 15 is 0 Å². The average molecular weight is 283 g/mol. The zero-order valence-corrected chi connectivity index (χ0v) is 13.1. The van der Waals surface area contributed by atoms with Gasteiger partial charge in [0.2, 0.25) is 5.91 Å². The lowest BCUT2D eigenvalue weighted by Crippen LogP contribution is -2.40. The van der Waals surface area contributed by atoms with Gasteiger partial charge in [-0.2, -0.15) is 0 Å². The molecule has 0 aliphatic heterocycles. The summed E-state index contributed by atoms with van der Waals surface area (Å²) in [6, 6.07) is 0. The fraction of sp³-hybridized carbons (Fsp3) is 0.875. The van der Waals surface area contributed by atoms with E-state index in [2.05, 4.69) is 26.1 Å². The number of carbonyl (C=O) groups excluding carboxylic acids is 1. The average Bonchev–Trinajstić information content (AvgIpc) is 2.85. The molecule has 4 nitrogen and oxygen atoms in total. The van der Waals surface area contributed by atoms with Crippen LogP contribution in [0.1, 0.15) is 65.7 Å². The second kappa shape index (κ2) is 7.65. The van der Waals surface area contributed by atoms with Gasteiger partial charge in [0.15, 0.2) is 0 Å². The monoisotopic (exact) mass is 283 g/mol. The van der Waals surface area contributed by atoms with Gasteiger partial charge in [-0.15, -0.1) is 0 Å². The van der Waals surface area contributed by atoms with Crippen molar-refractivity contribution in [1.82, 2.24) is 5.32 Å². The van der Waals surface area contributed by atoms with E-state index < -0.39 is 11.9 Å². The van der Waals surface area contributed by atoms with Gasteiger partial charge < -0.3 is 10.4 Å². The molecule has 0 spiro atoms. The Bertz CT molecular complexity index is 339. The van der Waals surface area contributed by atoms with Crippen LogP contribution in [0.15, 0.2) is 0 Å². The molecule has 1 aliphatic carbocycles. The Kier molecular flexibility index (Phi) is 6.50. The summed E-state index contributed by atoms with van der Waals surface area (Å²) in [6.45, 7) is 7.14. The molecule has 2 N–H and O–H groups in total. The first-order valence-corrected chi connectivity index (χ1v) is 7.88. The van der Waals surface area contributed by atoms with Crippen molar-refractivity contribution in [2.45, 2.75) is 65.7 Å². The van der Waals surface area contributed by atoms with E-state index in [1.807, 2.05) is 0 Å². The number of rotatable bonds is 8. The quantitative estimate of drug-likeness (QED) is 0.672. The molecule has 4 heteroatoms. The third-order valence-electron chi connectivity index (χ3n) is 4.37. The highest BCUT2D eigenvalue weighted by Gasteiger charge is 2.37. The molecule has 0 bridgehead atoms. The van der Waals surface area contributed by atoms with Gasteiger partial charge in [0.25, 0.3) is 0 Å². The molecule has 0 aromatic carbocycles. The van der Waals surface area contributed by atoms with E-state index in [9.17, 15) is 9.59 Å². The van der Waals surface area contributed by atoms with Crippen LogP contribution in [0.2, 0.25) is 0 Å². The number of aliphatic carboxylic acids is 1. The minimum absolute atomic E-state index is 0.0709. The Morgan fingerprint density at radius 3 is 2.45 bits per heavy atom. The maximum Gasteiger partial charge on any atom is 0.307 e. The lowest BCUT2D eigenvalue weighted by molar-refractivity contribution is -0.146. The van der Waals surface area contributed by atoms with E-state index in [4.69, 9.17) is 5.11 Å². The van der Waals surface area contributed by atoms with Crippen LogP contribution in [-0.2, 0) is 9.59 Å². The van der Waals surface area contributed by atoms with E-state index in [0.717, 1.165) is 12.8 Å². The van der Waals surface area contributed by atoms with Crippen molar-refractivity contribution in [2.24, 2.45) is 17.3 Å². The summed E-state index contributed by atoms with van der Waals surface area (Å²) < 4.78 is 0. The van der Waals surface area contributed by atoms with Crippen molar-refractivity contribution >= 4 is 11.9 Å². The number of hydrogen-bond acceptors (Lipinski definition) is 2. The van der Waals surface area contributed by atoms with Crippen LogP contribution < -0.4 is 5.32 Å². The zero-order chi connectivity index (χ0) is 15.2. The maximum absolute atomic E-state index is 12.2. The van der Waals surface area contributed by atoms with Gasteiger partial charge in [0.05, 0.1) is 11.8 Å². The Hall–Kier alpha value is -1.06. The highest BCUT2D eigenvalue weighted by Crippen LogP contribution is 2.32. The van der Waals surface area contributed by atoms with E-state index in [-0.39, 0.29) is 17.2 Å². The van der Waals surface area contributed by atoms with Gasteiger partial charge in [-0.25, -0.2) is 0 Å². The van der Waals surface area contributed by atoms with Crippen LogP contribution in [0.5, 0.6) is 0 Å². The number of hydrogen-bond donors (Lipinski definition) is 2. The molecule has 2 unspecified atom stereocenters. The summed E-state index contributed by atoms with van der Waals surface area (Å²) in [5.74, 6) is -1.72. The molecule has 0 radical (unpaired) electrons. The Labute approximate surface area is 122 Å². The molecule has 20 heavy (non-hydrogen) atoms. The number of carbonyl (C=O) groups is 2. The lowest BCUT2D eigenvalue weighted by atomic mass is 9.86. The molecular formula is C16H29NO3. The normalized spacial score (nSPS) is 22.8. The first-order chi connectivity index (χ1) is 9.37. The zero-order valence-electron chi connectivity index (χ0n) is 13.1. The van der Waals surface area contributed by atoms with Crippen LogP contribution in [0.25, 0.3) is 0 Å². The first-order valence-electron chi connectivity index (χ1n) is 7.88. The topological polar surface area (TPSA) is 66.4 Å². The number of carboxylic acids is 1. The second-order valence-corrected chi connectivity index (χ2v) is 6.82. The largest absolute Gasteiger partial charge is 0.481 e. The van der Waals surface area contributed by atoms with Crippen molar-refractivity contribution < 1.29 is 14.7 Å². The van der Waals surface area contributed by atoms with Crippen molar-refractivity contribution in [3.05, 3.63) is 0 Å². The lowest BCUT2D eigenvalue weighted by Gasteiger charge is -2.26. The molecule has 0 aromatic heterocycles. The summed E-state index contributed by atoms with van der Waals surface area (Å²) in [4.78, 5) is 23.3. The van der Waals surface area contributed by atoms with Gasteiger partial charge in [-0.1, -0.05) is 46.5 Å². The Balaban J connectivity index is 2.40.